The topological polar surface area (TPSA) is 59.0 Å². The van der Waals surface area contributed by atoms with Crippen LogP contribution in [0, 0.1) is 11.3 Å². The summed E-state index contributed by atoms with van der Waals surface area (Å²) in [6.45, 7) is 4.45. The monoisotopic (exact) mass is 252 g/mol. The SMILES string of the molecule is CCC(N)(CC)COc1ccc(Cl)cc1C#N. The summed E-state index contributed by atoms with van der Waals surface area (Å²) in [7, 11) is 0. The van der Waals surface area contributed by atoms with Crippen LogP contribution in [0.5, 0.6) is 5.75 Å². The molecule has 0 heterocycles. The Labute approximate surface area is 107 Å². The van der Waals surface area contributed by atoms with Crippen molar-refractivity contribution in [2.75, 3.05) is 6.61 Å². The summed E-state index contributed by atoms with van der Waals surface area (Å²) in [6.07, 6.45) is 1.66. The minimum atomic E-state index is -0.341. The van der Waals surface area contributed by atoms with Crippen LogP contribution >= 0.6 is 11.6 Å². The molecular formula is C13H17ClN2O. The molecule has 0 unspecified atom stereocenters. The van der Waals surface area contributed by atoms with Gasteiger partial charge in [-0.05, 0) is 31.0 Å². The number of nitrogens with zero attached hydrogens (tertiary/aromatic N) is 1. The first-order valence-corrected chi connectivity index (χ1v) is 6.03. The number of hydrogen-bond donors (Lipinski definition) is 1. The summed E-state index contributed by atoms with van der Waals surface area (Å²) in [5, 5.41) is 9.49. The van der Waals surface area contributed by atoms with E-state index in [1.54, 1.807) is 18.2 Å². The molecule has 0 aliphatic heterocycles. The molecule has 1 aromatic carbocycles. The van der Waals surface area contributed by atoms with Gasteiger partial charge in [-0.2, -0.15) is 5.26 Å². The average molecular weight is 253 g/mol. The normalized spacial score (nSPS) is 11.0. The van der Waals surface area contributed by atoms with Gasteiger partial charge < -0.3 is 10.5 Å². The molecule has 92 valence electrons. The molecule has 0 aliphatic rings. The van der Waals surface area contributed by atoms with Crippen molar-refractivity contribution in [1.82, 2.24) is 0 Å². The molecule has 0 aliphatic carbocycles. The summed E-state index contributed by atoms with van der Waals surface area (Å²) >= 11 is 5.81. The Morgan fingerprint density at radius 1 is 1.41 bits per heavy atom. The highest BCUT2D eigenvalue weighted by Crippen LogP contribution is 2.23. The lowest BCUT2D eigenvalue weighted by atomic mass is 9.95. The molecule has 0 bridgehead atoms. The zero-order chi connectivity index (χ0) is 12.9. The van der Waals surface area contributed by atoms with Gasteiger partial charge in [0.05, 0.1) is 5.56 Å². The van der Waals surface area contributed by atoms with Gasteiger partial charge in [-0.3, -0.25) is 0 Å². The Bertz CT molecular complexity index is 422. The van der Waals surface area contributed by atoms with Gasteiger partial charge in [-0.15, -0.1) is 0 Å². The molecule has 17 heavy (non-hydrogen) atoms. The smallest absolute Gasteiger partial charge is 0.137 e. The fourth-order valence-electron chi connectivity index (χ4n) is 1.39. The fourth-order valence-corrected chi connectivity index (χ4v) is 1.56. The number of hydrogen-bond acceptors (Lipinski definition) is 3. The lowest BCUT2D eigenvalue weighted by Crippen LogP contribution is -2.44. The van der Waals surface area contributed by atoms with E-state index >= 15 is 0 Å². The van der Waals surface area contributed by atoms with E-state index < -0.39 is 0 Å². The van der Waals surface area contributed by atoms with Crippen molar-refractivity contribution in [3.63, 3.8) is 0 Å². The molecule has 1 aromatic rings. The Kier molecular flexibility index (Phi) is 4.80. The lowest BCUT2D eigenvalue weighted by molar-refractivity contribution is 0.206. The van der Waals surface area contributed by atoms with Crippen molar-refractivity contribution in [3.8, 4) is 11.8 Å². The molecule has 0 amide bonds. The lowest BCUT2D eigenvalue weighted by Gasteiger charge is -2.26. The van der Waals surface area contributed by atoms with E-state index in [9.17, 15) is 0 Å². The van der Waals surface area contributed by atoms with E-state index in [1.807, 2.05) is 13.8 Å². The molecule has 0 aromatic heterocycles. The van der Waals surface area contributed by atoms with Crippen LogP contribution in [-0.4, -0.2) is 12.1 Å². The number of ether oxygens (including phenoxy) is 1. The van der Waals surface area contributed by atoms with Crippen molar-refractivity contribution < 1.29 is 4.74 Å². The van der Waals surface area contributed by atoms with Gasteiger partial charge in [0.25, 0.3) is 0 Å². The predicted molar refractivity (Wildman–Crippen MR) is 69.2 cm³/mol. The maximum absolute atomic E-state index is 8.97. The van der Waals surface area contributed by atoms with E-state index in [1.165, 1.54) is 0 Å². The zero-order valence-electron chi connectivity index (χ0n) is 10.2. The van der Waals surface area contributed by atoms with Crippen LogP contribution in [-0.2, 0) is 0 Å². The van der Waals surface area contributed by atoms with Gasteiger partial charge in [-0.25, -0.2) is 0 Å². The number of benzene rings is 1. The predicted octanol–water partition coefficient (Wildman–Crippen LogP) is 3.11. The standard InChI is InChI=1S/C13H17ClN2O/c1-3-13(16,4-2)9-17-12-6-5-11(14)7-10(12)8-15/h5-7H,3-4,9,16H2,1-2H3. The first-order chi connectivity index (χ1) is 8.04. The van der Waals surface area contributed by atoms with Crippen molar-refractivity contribution in [2.24, 2.45) is 5.73 Å². The summed E-state index contributed by atoms with van der Waals surface area (Å²) < 4.78 is 5.62. The maximum atomic E-state index is 8.97. The van der Waals surface area contributed by atoms with Crippen LogP contribution in [0.25, 0.3) is 0 Å². The van der Waals surface area contributed by atoms with Crippen LogP contribution in [0.2, 0.25) is 5.02 Å². The Balaban J connectivity index is 2.80. The first-order valence-electron chi connectivity index (χ1n) is 5.66. The Morgan fingerprint density at radius 2 is 2.06 bits per heavy atom. The highest BCUT2D eigenvalue weighted by atomic mass is 35.5. The number of rotatable bonds is 5. The molecule has 0 fully saturated rings. The van der Waals surface area contributed by atoms with Gasteiger partial charge in [0.1, 0.15) is 18.4 Å². The van der Waals surface area contributed by atoms with Crippen molar-refractivity contribution in [1.29, 1.82) is 5.26 Å². The number of halogens is 1. The van der Waals surface area contributed by atoms with Gasteiger partial charge in [0.2, 0.25) is 0 Å². The largest absolute Gasteiger partial charge is 0.490 e. The minimum absolute atomic E-state index is 0.341. The maximum Gasteiger partial charge on any atom is 0.137 e. The highest BCUT2D eigenvalue weighted by Gasteiger charge is 2.21. The van der Waals surface area contributed by atoms with Crippen LogP contribution < -0.4 is 10.5 Å². The summed E-state index contributed by atoms with van der Waals surface area (Å²) in [5.74, 6) is 0.536. The molecule has 0 spiro atoms. The molecule has 0 atom stereocenters. The second-order valence-corrected chi connectivity index (χ2v) is 4.55. The van der Waals surface area contributed by atoms with Crippen molar-refractivity contribution in [2.45, 2.75) is 32.2 Å². The van der Waals surface area contributed by atoms with E-state index in [4.69, 9.17) is 27.3 Å². The van der Waals surface area contributed by atoms with E-state index in [-0.39, 0.29) is 5.54 Å². The van der Waals surface area contributed by atoms with Crippen molar-refractivity contribution >= 4 is 11.6 Å². The number of nitriles is 1. The van der Waals surface area contributed by atoms with Crippen LogP contribution in [0.1, 0.15) is 32.3 Å². The minimum Gasteiger partial charge on any atom is -0.490 e. The van der Waals surface area contributed by atoms with E-state index in [0.29, 0.717) is 22.9 Å². The third-order valence-corrected chi connectivity index (χ3v) is 3.22. The second-order valence-electron chi connectivity index (χ2n) is 4.11. The molecular weight excluding hydrogens is 236 g/mol. The highest BCUT2D eigenvalue weighted by molar-refractivity contribution is 6.30. The van der Waals surface area contributed by atoms with Gasteiger partial charge >= 0.3 is 0 Å². The quantitative estimate of drug-likeness (QED) is 0.876. The fraction of sp³-hybridized carbons (Fsp3) is 0.462. The number of nitrogens with two attached hydrogens (primary N) is 1. The third kappa shape index (κ3) is 3.62. The summed E-state index contributed by atoms with van der Waals surface area (Å²) in [6, 6.07) is 7.05. The second kappa shape index (κ2) is 5.90. The van der Waals surface area contributed by atoms with Crippen molar-refractivity contribution in [3.05, 3.63) is 28.8 Å². The van der Waals surface area contributed by atoms with Gasteiger partial charge in [0.15, 0.2) is 0 Å². The summed E-state index contributed by atoms with van der Waals surface area (Å²) in [4.78, 5) is 0. The van der Waals surface area contributed by atoms with E-state index in [2.05, 4.69) is 6.07 Å². The zero-order valence-corrected chi connectivity index (χ0v) is 10.9. The molecule has 3 nitrogen and oxygen atoms in total. The summed E-state index contributed by atoms with van der Waals surface area (Å²) in [5.41, 5.74) is 6.23. The Morgan fingerprint density at radius 3 is 2.59 bits per heavy atom. The Hall–Kier alpha value is -1.24. The third-order valence-electron chi connectivity index (χ3n) is 2.99. The first kappa shape index (κ1) is 13.8. The molecule has 4 heteroatoms. The molecule has 0 saturated heterocycles. The molecule has 2 N–H and O–H groups in total. The van der Waals surface area contributed by atoms with Gasteiger partial charge in [-0.1, -0.05) is 25.4 Å². The van der Waals surface area contributed by atoms with Gasteiger partial charge in [0, 0.05) is 10.6 Å². The molecule has 0 saturated carbocycles. The molecule has 0 radical (unpaired) electrons. The van der Waals surface area contributed by atoms with Crippen LogP contribution in [0.15, 0.2) is 18.2 Å². The average Bonchev–Trinajstić information content (AvgIpc) is 2.36. The van der Waals surface area contributed by atoms with Crippen LogP contribution in [0.4, 0.5) is 0 Å². The van der Waals surface area contributed by atoms with Crippen LogP contribution in [0.3, 0.4) is 0 Å². The van der Waals surface area contributed by atoms with E-state index in [0.717, 1.165) is 12.8 Å². The molecule has 1 rings (SSSR count).